The number of nitrogens with two attached hydrogens (primary N) is 2. The first-order valence-electron chi connectivity index (χ1n) is 6.66. The molecule has 0 bridgehead atoms. The van der Waals surface area contributed by atoms with Crippen LogP contribution in [0.1, 0.15) is 0 Å². The first-order chi connectivity index (χ1) is 9.97. The average molecular weight is 289 g/mol. The molecule has 0 atom stereocenters. The van der Waals surface area contributed by atoms with Crippen molar-refractivity contribution in [3.05, 3.63) is 36.4 Å². The number of nitrogens with zero attached hydrogens (tertiary/aromatic N) is 2. The van der Waals surface area contributed by atoms with Gasteiger partial charge in [-0.3, -0.25) is 4.98 Å². The van der Waals surface area contributed by atoms with Crippen LogP contribution in [0.15, 0.2) is 30.6 Å². The van der Waals surface area contributed by atoms with Gasteiger partial charge in [0.05, 0.1) is 17.6 Å². The fraction of sp³-hybridized carbons (Fsp3) is 0.267. The number of likely N-dealkylation sites (N-methyl/N-ethyl adjacent to an activating group) is 1. The van der Waals surface area contributed by atoms with Crippen molar-refractivity contribution >= 4 is 17.1 Å². The van der Waals surface area contributed by atoms with Crippen molar-refractivity contribution in [3.63, 3.8) is 0 Å². The molecule has 0 aliphatic rings. The number of hydrogen-bond acceptors (Lipinski definition) is 5. The number of anilines is 3. The first kappa shape index (κ1) is 15.1. The molecule has 5 nitrogen and oxygen atoms in total. The molecule has 1 aromatic heterocycles. The lowest BCUT2D eigenvalue weighted by Crippen LogP contribution is -2.20. The van der Waals surface area contributed by atoms with Crippen molar-refractivity contribution in [2.45, 2.75) is 0 Å². The van der Waals surface area contributed by atoms with E-state index in [1.165, 1.54) is 18.3 Å². The number of benzene rings is 1. The van der Waals surface area contributed by atoms with E-state index in [9.17, 15) is 4.39 Å². The summed E-state index contributed by atoms with van der Waals surface area (Å²) in [5.74, 6) is -0.332. The van der Waals surface area contributed by atoms with Gasteiger partial charge in [-0.1, -0.05) is 0 Å². The van der Waals surface area contributed by atoms with Gasteiger partial charge in [0.1, 0.15) is 5.82 Å². The largest absolute Gasteiger partial charge is 0.396 e. The van der Waals surface area contributed by atoms with Crippen LogP contribution in [0.4, 0.5) is 21.5 Å². The topological polar surface area (TPSA) is 80.2 Å². The Kier molecular flexibility index (Phi) is 4.59. The maximum Gasteiger partial charge on any atom is 0.125 e. The number of pyridine rings is 1. The first-order valence-corrected chi connectivity index (χ1v) is 6.66. The van der Waals surface area contributed by atoms with Crippen LogP contribution in [-0.2, 0) is 0 Å². The maximum atomic E-state index is 13.8. The van der Waals surface area contributed by atoms with Gasteiger partial charge in [0, 0.05) is 30.5 Å². The highest BCUT2D eigenvalue weighted by molar-refractivity contribution is 5.84. The van der Waals surface area contributed by atoms with E-state index in [1.54, 1.807) is 6.20 Å². The van der Waals surface area contributed by atoms with E-state index in [2.05, 4.69) is 10.3 Å². The number of aromatic nitrogens is 1. The van der Waals surface area contributed by atoms with Crippen LogP contribution in [0.2, 0.25) is 0 Å². The second kappa shape index (κ2) is 6.41. The summed E-state index contributed by atoms with van der Waals surface area (Å²) in [7, 11) is 3.97. The summed E-state index contributed by atoms with van der Waals surface area (Å²) in [6.07, 6.45) is 3.07. The molecule has 0 radical (unpaired) electrons. The van der Waals surface area contributed by atoms with Crippen LogP contribution in [0.3, 0.4) is 0 Å². The second-order valence-electron chi connectivity index (χ2n) is 5.15. The molecule has 0 aliphatic carbocycles. The highest BCUT2D eigenvalue weighted by atomic mass is 19.1. The van der Waals surface area contributed by atoms with Crippen LogP contribution in [0, 0.1) is 5.82 Å². The lowest BCUT2D eigenvalue weighted by Gasteiger charge is -2.13. The Balaban J connectivity index is 2.28. The molecule has 21 heavy (non-hydrogen) atoms. The Labute approximate surface area is 123 Å². The molecule has 0 amide bonds. The van der Waals surface area contributed by atoms with Gasteiger partial charge < -0.3 is 21.7 Å². The van der Waals surface area contributed by atoms with E-state index in [1.807, 2.05) is 25.1 Å². The summed E-state index contributed by atoms with van der Waals surface area (Å²) in [6.45, 7) is 1.58. The van der Waals surface area contributed by atoms with Crippen molar-refractivity contribution in [3.8, 4) is 11.1 Å². The van der Waals surface area contributed by atoms with Crippen molar-refractivity contribution in [1.29, 1.82) is 0 Å². The van der Waals surface area contributed by atoms with E-state index in [-0.39, 0.29) is 5.82 Å². The molecule has 0 aliphatic heterocycles. The van der Waals surface area contributed by atoms with Gasteiger partial charge in [0.25, 0.3) is 0 Å². The third-order valence-corrected chi connectivity index (χ3v) is 3.12. The highest BCUT2D eigenvalue weighted by Crippen LogP contribution is 2.31. The summed E-state index contributed by atoms with van der Waals surface area (Å²) in [4.78, 5) is 6.06. The molecule has 0 unspecified atom stereocenters. The SMILES string of the molecule is CN(C)CCNc1cc(F)cc(-c2cncc(N)c2N)c1. The average Bonchev–Trinajstić information content (AvgIpc) is 2.41. The maximum absolute atomic E-state index is 13.8. The molecule has 2 aromatic rings. The zero-order chi connectivity index (χ0) is 15.4. The van der Waals surface area contributed by atoms with Crippen LogP contribution in [-0.4, -0.2) is 37.1 Å². The van der Waals surface area contributed by atoms with Crippen molar-refractivity contribution in [2.75, 3.05) is 44.0 Å². The normalized spacial score (nSPS) is 10.9. The molecular weight excluding hydrogens is 269 g/mol. The molecule has 2 rings (SSSR count). The summed E-state index contributed by atoms with van der Waals surface area (Å²) in [5, 5.41) is 3.19. The van der Waals surface area contributed by atoms with E-state index < -0.39 is 0 Å². The van der Waals surface area contributed by atoms with Gasteiger partial charge in [-0.2, -0.15) is 0 Å². The highest BCUT2D eigenvalue weighted by Gasteiger charge is 2.09. The van der Waals surface area contributed by atoms with Crippen LogP contribution in [0.25, 0.3) is 11.1 Å². The minimum atomic E-state index is -0.332. The zero-order valence-electron chi connectivity index (χ0n) is 12.2. The number of hydrogen-bond donors (Lipinski definition) is 3. The molecular formula is C15H20FN5. The lowest BCUT2D eigenvalue weighted by atomic mass is 10.0. The third-order valence-electron chi connectivity index (χ3n) is 3.12. The third kappa shape index (κ3) is 3.82. The number of nitrogens with one attached hydrogen (secondary N) is 1. The molecule has 5 N–H and O–H groups in total. The Hall–Kier alpha value is -2.34. The standard InChI is InChI=1S/C15H20FN5/c1-21(2)4-3-20-12-6-10(5-11(16)7-12)13-8-19-9-14(17)15(13)18/h5-9,20H,3-4,17H2,1-2H3,(H2,18,19). The Bertz CT molecular complexity index is 627. The summed E-state index contributed by atoms with van der Waals surface area (Å²) < 4.78 is 13.8. The molecule has 1 heterocycles. The summed E-state index contributed by atoms with van der Waals surface area (Å²) >= 11 is 0. The van der Waals surface area contributed by atoms with Gasteiger partial charge in [-0.15, -0.1) is 0 Å². The quantitative estimate of drug-likeness (QED) is 0.784. The summed E-state index contributed by atoms with van der Waals surface area (Å²) in [6, 6.07) is 4.71. The minimum Gasteiger partial charge on any atom is -0.396 e. The number of nitrogen functional groups attached to an aromatic ring is 2. The zero-order valence-corrected chi connectivity index (χ0v) is 12.2. The predicted octanol–water partition coefficient (Wildman–Crippen LogP) is 2.03. The van der Waals surface area contributed by atoms with Gasteiger partial charge in [-0.25, -0.2) is 4.39 Å². The van der Waals surface area contributed by atoms with E-state index in [4.69, 9.17) is 11.5 Å². The molecule has 0 saturated carbocycles. The summed E-state index contributed by atoms with van der Waals surface area (Å²) in [5.41, 5.74) is 14.5. The van der Waals surface area contributed by atoms with Crippen molar-refractivity contribution < 1.29 is 4.39 Å². The predicted molar refractivity (Wildman–Crippen MR) is 85.5 cm³/mol. The molecule has 6 heteroatoms. The Morgan fingerprint density at radius 3 is 2.67 bits per heavy atom. The van der Waals surface area contributed by atoms with Gasteiger partial charge in [-0.05, 0) is 37.9 Å². The smallest absolute Gasteiger partial charge is 0.125 e. The van der Waals surface area contributed by atoms with E-state index in [0.29, 0.717) is 28.2 Å². The monoisotopic (exact) mass is 289 g/mol. The van der Waals surface area contributed by atoms with Gasteiger partial charge in [0.2, 0.25) is 0 Å². The Morgan fingerprint density at radius 2 is 1.95 bits per heavy atom. The van der Waals surface area contributed by atoms with Crippen LogP contribution >= 0.6 is 0 Å². The molecule has 0 saturated heterocycles. The minimum absolute atomic E-state index is 0.332. The van der Waals surface area contributed by atoms with Crippen molar-refractivity contribution in [1.82, 2.24) is 9.88 Å². The Morgan fingerprint density at radius 1 is 1.19 bits per heavy atom. The lowest BCUT2D eigenvalue weighted by molar-refractivity contribution is 0.425. The molecule has 1 aromatic carbocycles. The second-order valence-corrected chi connectivity index (χ2v) is 5.15. The van der Waals surface area contributed by atoms with Crippen LogP contribution in [0.5, 0.6) is 0 Å². The molecule has 112 valence electrons. The van der Waals surface area contributed by atoms with E-state index >= 15 is 0 Å². The molecule has 0 spiro atoms. The van der Waals surface area contributed by atoms with Gasteiger partial charge >= 0.3 is 0 Å². The fourth-order valence-corrected chi connectivity index (χ4v) is 1.99. The number of rotatable bonds is 5. The van der Waals surface area contributed by atoms with Gasteiger partial charge in [0.15, 0.2) is 0 Å². The van der Waals surface area contributed by atoms with Crippen LogP contribution < -0.4 is 16.8 Å². The van der Waals surface area contributed by atoms with E-state index in [0.717, 1.165) is 13.1 Å². The van der Waals surface area contributed by atoms with Crippen molar-refractivity contribution in [2.24, 2.45) is 0 Å². The fourth-order valence-electron chi connectivity index (χ4n) is 1.99. The number of halogens is 1. The molecule has 0 fully saturated rings.